The molecule has 0 fully saturated rings. The van der Waals surface area contributed by atoms with Crippen molar-refractivity contribution in [2.75, 3.05) is 0 Å². The second-order valence-corrected chi connectivity index (χ2v) is 6.54. The number of rotatable bonds is 7. The van der Waals surface area contributed by atoms with Crippen LogP contribution in [0.15, 0.2) is 30.3 Å². The Kier molecular flexibility index (Phi) is 6.25. The van der Waals surface area contributed by atoms with Gasteiger partial charge in [0, 0.05) is 18.8 Å². The SMILES string of the molecule is CCCCCC(=O)OC(C)(Oc1ccccc1)C(C)(C)C. The van der Waals surface area contributed by atoms with E-state index in [1.165, 1.54) is 0 Å². The van der Waals surface area contributed by atoms with Crippen LogP contribution in [0.3, 0.4) is 0 Å². The zero-order chi connectivity index (χ0) is 15.9. The average molecular weight is 292 g/mol. The van der Waals surface area contributed by atoms with Gasteiger partial charge in [0.1, 0.15) is 5.75 Å². The molecule has 0 saturated heterocycles. The Balaban J connectivity index is 2.77. The van der Waals surface area contributed by atoms with Crippen molar-refractivity contribution >= 4 is 5.97 Å². The number of benzene rings is 1. The maximum atomic E-state index is 12.1. The Morgan fingerprint density at radius 3 is 2.19 bits per heavy atom. The molecule has 1 unspecified atom stereocenters. The van der Waals surface area contributed by atoms with Gasteiger partial charge in [0.25, 0.3) is 5.79 Å². The van der Waals surface area contributed by atoms with E-state index in [0.29, 0.717) is 12.2 Å². The summed E-state index contributed by atoms with van der Waals surface area (Å²) in [4.78, 5) is 12.1. The zero-order valence-corrected chi connectivity index (χ0v) is 13.9. The van der Waals surface area contributed by atoms with E-state index < -0.39 is 5.79 Å². The van der Waals surface area contributed by atoms with E-state index in [4.69, 9.17) is 9.47 Å². The maximum absolute atomic E-state index is 12.1. The third kappa shape index (κ3) is 5.41. The molecule has 0 amide bonds. The van der Waals surface area contributed by atoms with Crippen LogP contribution in [0.1, 0.15) is 60.3 Å². The van der Waals surface area contributed by atoms with Crippen LogP contribution in [0, 0.1) is 5.41 Å². The molecule has 21 heavy (non-hydrogen) atoms. The fourth-order valence-corrected chi connectivity index (χ4v) is 1.83. The van der Waals surface area contributed by atoms with E-state index in [0.717, 1.165) is 19.3 Å². The Bertz CT molecular complexity index is 434. The Labute approximate surface area is 128 Å². The van der Waals surface area contributed by atoms with Gasteiger partial charge in [-0.3, -0.25) is 4.79 Å². The molecule has 0 bridgehead atoms. The third-order valence-corrected chi connectivity index (χ3v) is 3.71. The normalized spacial score (nSPS) is 14.3. The number of carbonyl (C=O) groups excluding carboxylic acids is 1. The molecule has 0 N–H and O–H groups in total. The lowest BCUT2D eigenvalue weighted by Gasteiger charge is -2.40. The van der Waals surface area contributed by atoms with Crippen molar-refractivity contribution in [2.45, 2.75) is 66.1 Å². The number of ether oxygens (including phenoxy) is 2. The van der Waals surface area contributed by atoms with E-state index >= 15 is 0 Å². The first-order chi connectivity index (χ1) is 9.78. The van der Waals surface area contributed by atoms with Gasteiger partial charge in [-0.2, -0.15) is 0 Å². The molecule has 1 atom stereocenters. The first kappa shape index (κ1) is 17.5. The van der Waals surface area contributed by atoms with Gasteiger partial charge in [0.2, 0.25) is 0 Å². The highest BCUT2D eigenvalue weighted by molar-refractivity contribution is 5.69. The van der Waals surface area contributed by atoms with Crippen molar-refractivity contribution < 1.29 is 14.3 Å². The molecular weight excluding hydrogens is 264 g/mol. The molecule has 0 saturated carbocycles. The number of unbranched alkanes of at least 4 members (excludes halogenated alkanes) is 2. The van der Waals surface area contributed by atoms with Gasteiger partial charge in [0.15, 0.2) is 0 Å². The van der Waals surface area contributed by atoms with Crippen LogP contribution < -0.4 is 4.74 Å². The summed E-state index contributed by atoms with van der Waals surface area (Å²) in [6.07, 6.45) is 3.43. The first-order valence-electron chi connectivity index (χ1n) is 7.74. The van der Waals surface area contributed by atoms with E-state index in [1.807, 2.05) is 58.0 Å². The minimum Gasteiger partial charge on any atom is -0.452 e. The molecule has 0 aliphatic heterocycles. The van der Waals surface area contributed by atoms with Crippen molar-refractivity contribution in [3.8, 4) is 5.75 Å². The quantitative estimate of drug-likeness (QED) is 0.405. The van der Waals surface area contributed by atoms with Crippen molar-refractivity contribution in [1.82, 2.24) is 0 Å². The fourth-order valence-electron chi connectivity index (χ4n) is 1.83. The molecule has 3 nitrogen and oxygen atoms in total. The molecule has 0 aliphatic carbocycles. The monoisotopic (exact) mass is 292 g/mol. The summed E-state index contributed by atoms with van der Waals surface area (Å²) in [5.74, 6) is -0.481. The number of hydrogen-bond donors (Lipinski definition) is 0. The standard InChI is InChI=1S/C18H28O3/c1-6-7-9-14-16(19)21-18(5,17(2,3)4)20-15-12-10-8-11-13-15/h8,10-13H,6-7,9,14H2,1-5H3. The van der Waals surface area contributed by atoms with Crippen molar-refractivity contribution in [3.05, 3.63) is 30.3 Å². The Hall–Kier alpha value is -1.51. The largest absolute Gasteiger partial charge is 0.452 e. The van der Waals surface area contributed by atoms with Crippen LogP contribution in [0.25, 0.3) is 0 Å². The lowest BCUT2D eigenvalue weighted by atomic mass is 9.86. The van der Waals surface area contributed by atoms with Gasteiger partial charge in [-0.1, -0.05) is 58.7 Å². The van der Waals surface area contributed by atoms with Gasteiger partial charge < -0.3 is 9.47 Å². The van der Waals surface area contributed by atoms with Crippen molar-refractivity contribution in [2.24, 2.45) is 5.41 Å². The second-order valence-electron chi connectivity index (χ2n) is 6.54. The fraction of sp³-hybridized carbons (Fsp3) is 0.611. The molecule has 3 heteroatoms. The van der Waals surface area contributed by atoms with Gasteiger partial charge >= 0.3 is 5.97 Å². The van der Waals surface area contributed by atoms with E-state index in [1.54, 1.807) is 0 Å². The molecule has 0 radical (unpaired) electrons. The van der Waals surface area contributed by atoms with Crippen LogP contribution >= 0.6 is 0 Å². The summed E-state index contributed by atoms with van der Waals surface area (Å²) in [5, 5.41) is 0. The second kappa shape index (κ2) is 7.48. The molecule has 1 rings (SSSR count). The van der Waals surface area contributed by atoms with Crippen LogP contribution in [0.4, 0.5) is 0 Å². The van der Waals surface area contributed by atoms with Crippen LogP contribution in [-0.4, -0.2) is 11.8 Å². The number of esters is 1. The molecule has 0 spiro atoms. The first-order valence-corrected chi connectivity index (χ1v) is 7.74. The summed E-state index contributed by atoms with van der Waals surface area (Å²) in [7, 11) is 0. The number of carbonyl (C=O) groups is 1. The van der Waals surface area contributed by atoms with Gasteiger partial charge in [-0.25, -0.2) is 0 Å². The maximum Gasteiger partial charge on any atom is 0.309 e. The minimum atomic E-state index is -0.988. The minimum absolute atomic E-state index is 0.197. The van der Waals surface area contributed by atoms with Crippen molar-refractivity contribution in [1.29, 1.82) is 0 Å². The summed E-state index contributed by atoms with van der Waals surface area (Å²) in [6.45, 7) is 9.97. The lowest BCUT2D eigenvalue weighted by Crippen LogP contribution is -2.49. The van der Waals surface area contributed by atoms with Crippen molar-refractivity contribution in [3.63, 3.8) is 0 Å². The van der Waals surface area contributed by atoms with Gasteiger partial charge in [-0.15, -0.1) is 0 Å². The Morgan fingerprint density at radius 1 is 1.05 bits per heavy atom. The van der Waals surface area contributed by atoms with Crippen LogP contribution in [-0.2, 0) is 9.53 Å². The predicted octanol–water partition coefficient (Wildman–Crippen LogP) is 4.95. The van der Waals surface area contributed by atoms with E-state index in [-0.39, 0.29) is 11.4 Å². The van der Waals surface area contributed by atoms with Crippen LogP contribution in [0.5, 0.6) is 5.75 Å². The highest BCUT2D eigenvalue weighted by Gasteiger charge is 2.43. The van der Waals surface area contributed by atoms with Gasteiger partial charge in [0.05, 0.1) is 0 Å². The molecule has 0 aliphatic rings. The highest BCUT2D eigenvalue weighted by atomic mass is 16.7. The lowest BCUT2D eigenvalue weighted by molar-refractivity contribution is -0.227. The topological polar surface area (TPSA) is 35.5 Å². The van der Waals surface area contributed by atoms with Crippen LogP contribution in [0.2, 0.25) is 0 Å². The third-order valence-electron chi connectivity index (χ3n) is 3.71. The average Bonchev–Trinajstić information content (AvgIpc) is 2.38. The Morgan fingerprint density at radius 2 is 1.67 bits per heavy atom. The molecule has 1 aromatic rings. The molecule has 118 valence electrons. The summed E-state index contributed by atoms with van der Waals surface area (Å²) in [5.41, 5.74) is -0.330. The smallest absolute Gasteiger partial charge is 0.309 e. The zero-order valence-electron chi connectivity index (χ0n) is 13.9. The highest BCUT2D eigenvalue weighted by Crippen LogP contribution is 2.36. The summed E-state index contributed by atoms with van der Waals surface area (Å²) < 4.78 is 11.7. The van der Waals surface area contributed by atoms with Gasteiger partial charge in [-0.05, 0) is 18.6 Å². The summed E-state index contributed by atoms with van der Waals surface area (Å²) in [6, 6.07) is 9.48. The number of para-hydroxylation sites is 1. The number of hydrogen-bond acceptors (Lipinski definition) is 3. The molecule has 1 aromatic carbocycles. The predicted molar refractivity (Wildman–Crippen MR) is 85.2 cm³/mol. The molecular formula is C18H28O3. The molecule has 0 heterocycles. The van der Waals surface area contributed by atoms with E-state index in [9.17, 15) is 4.79 Å². The van der Waals surface area contributed by atoms with E-state index in [2.05, 4.69) is 6.92 Å². The summed E-state index contributed by atoms with van der Waals surface area (Å²) >= 11 is 0. The molecule has 0 aromatic heterocycles.